The van der Waals surface area contributed by atoms with Crippen LogP contribution in [0.4, 0.5) is 5.69 Å². The molecule has 2 N–H and O–H groups in total. The van der Waals surface area contributed by atoms with E-state index >= 15 is 0 Å². The lowest BCUT2D eigenvalue weighted by molar-refractivity contribution is 0.0938. The molecule has 1 atom stereocenters. The summed E-state index contributed by atoms with van der Waals surface area (Å²) in [6.45, 7) is 1.94. The number of thiophene rings is 1. The van der Waals surface area contributed by atoms with Crippen molar-refractivity contribution in [3.63, 3.8) is 0 Å². The summed E-state index contributed by atoms with van der Waals surface area (Å²) in [5.41, 5.74) is 2.14. The molecule has 25 heavy (non-hydrogen) atoms. The minimum absolute atomic E-state index is 0.0990. The topological polar surface area (TPSA) is 58.2 Å². The number of rotatable bonds is 5. The van der Waals surface area contributed by atoms with Crippen LogP contribution in [0.1, 0.15) is 38.6 Å². The van der Waals surface area contributed by atoms with E-state index in [0.29, 0.717) is 16.1 Å². The van der Waals surface area contributed by atoms with Gasteiger partial charge in [-0.15, -0.1) is 11.3 Å². The first kappa shape index (κ1) is 16.9. The van der Waals surface area contributed by atoms with Gasteiger partial charge in [0.25, 0.3) is 11.8 Å². The van der Waals surface area contributed by atoms with Crippen LogP contribution in [0.5, 0.6) is 0 Å². The number of anilines is 1. The summed E-state index contributed by atoms with van der Waals surface area (Å²) in [6.07, 6.45) is 0. The van der Waals surface area contributed by atoms with Crippen molar-refractivity contribution >= 4 is 28.8 Å². The lowest BCUT2D eigenvalue weighted by Gasteiger charge is -2.14. The van der Waals surface area contributed by atoms with Crippen LogP contribution in [-0.4, -0.2) is 11.8 Å². The number of carbonyl (C=O) groups excluding carboxylic acids is 2. The molecule has 2 aromatic carbocycles. The standard InChI is InChI=1S/C20H18N2O2S/c1-14(15-7-3-2-4-8-15)21-19(23)16-9-5-10-17(13-16)22-20(24)18-11-6-12-25-18/h2-14H,1H3,(H,21,23)(H,22,24)/t14-/m0/s1. The van der Waals surface area contributed by atoms with Gasteiger partial charge in [0, 0.05) is 11.3 Å². The highest BCUT2D eigenvalue weighted by Gasteiger charge is 2.13. The zero-order valence-corrected chi connectivity index (χ0v) is 14.5. The van der Waals surface area contributed by atoms with E-state index < -0.39 is 0 Å². The molecular formula is C20H18N2O2S. The normalized spacial score (nSPS) is 11.6. The van der Waals surface area contributed by atoms with E-state index in [1.807, 2.05) is 48.7 Å². The van der Waals surface area contributed by atoms with E-state index in [4.69, 9.17) is 0 Å². The zero-order chi connectivity index (χ0) is 17.6. The Bertz CT molecular complexity index is 860. The third-order valence-corrected chi connectivity index (χ3v) is 4.64. The van der Waals surface area contributed by atoms with Crippen LogP contribution in [0, 0.1) is 0 Å². The van der Waals surface area contributed by atoms with Gasteiger partial charge in [-0.3, -0.25) is 9.59 Å². The average molecular weight is 350 g/mol. The van der Waals surface area contributed by atoms with Crippen LogP contribution in [0.3, 0.4) is 0 Å². The SMILES string of the molecule is C[C@H](NC(=O)c1cccc(NC(=O)c2cccs2)c1)c1ccccc1. The summed E-state index contributed by atoms with van der Waals surface area (Å²) in [5, 5.41) is 7.64. The largest absolute Gasteiger partial charge is 0.346 e. The molecular weight excluding hydrogens is 332 g/mol. The Morgan fingerprint density at radius 2 is 1.72 bits per heavy atom. The molecule has 0 spiro atoms. The Morgan fingerprint density at radius 3 is 2.44 bits per heavy atom. The number of hydrogen-bond donors (Lipinski definition) is 2. The van der Waals surface area contributed by atoms with Gasteiger partial charge in [0.15, 0.2) is 0 Å². The molecule has 0 fully saturated rings. The van der Waals surface area contributed by atoms with Crippen LogP contribution in [0.25, 0.3) is 0 Å². The Labute approximate surface area is 150 Å². The van der Waals surface area contributed by atoms with Crippen LogP contribution >= 0.6 is 11.3 Å². The van der Waals surface area contributed by atoms with Gasteiger partial charge in [0.1, 0.15) is 0 Å². The monoisotopic (exact) mass is 350 g/mol. The fraction of sp³-hybridized carbons (Fsp3) is 0.100. The third kappa shape index (κ3) is 4.33. The number of benzene rings is 2. The van der Waals surface area contributed by atoms with Gasteiger partial charge in [-0.25, -0.2) is 0 Å². The van der Waals surface area contributed by atoms with E-state index in [9.17, 15) is 9.59 Å². The molecule has 1 aromatic heterocycles. The van der Waals surface area contributed by atoms with Crippen LogP contribution in [0.15, 0.2) is 72.1 Å². The number of carbonyl (C=O) groups is 2. The maximum absolute atomic E-state index is 12.5. The second-order valence-corrected chi connectivity index (χ2v) is 6.57. The van der Waals surface area contributed by atoms with E-state index in [0.717, 1.165) is 5.56 Å². The first-order valence-corrected chi connectivity index (χ1v) is 8.82. The lowest BCUT2D eigenvalue weighted by atomic mass is 10.1. The van der Waals surface area contributed by atoms with Gasteiger partial charge in [-0.05, 0) is 42.1 Å². The van der Waals surface area contributed by atoms with Crippen molar-refractivity contribution in [1.29, 1.82) is 0 Å². The quantitative estimate of drug-likeness (QED) is 0.712. The Hall–Kier alpha value is -2.92. The average Bonchev–Trinajstić information content (AvgIpc) is 3.17. The van der Waals surface area contributed by atoms with Crippen molar-refractivity contribution in [2.24, 2.45) is 0 Å². The Morgan fingerprint density at radius 1 is 0.920 bits per heavy atom. The molecule has 0 saturated carbocycles. The van der Waals surface area contributed by atoms with E-state index in [-0.39, 0.29) is 17.9 Å². The summed E-state index contributed by atoms with van der Waals surface area (Å²) in [6, 6.07) is 20.2. The summed E-state index contributed by atoms with van der Waals surface area (Å²) < 4.78 is 0. The molecule has 0 unspecified atom stereocenters. The molecule has 0 saturated heterocycles. The minimum atomic E-state index is -0.177. The van der Waals surface area contributed by atoms with Crippen molar-refractivity contribution in [2.45, 2.75) is 13.0 Å². The smallest absolute Gasteiger partial charge is 0.265 e. The van der Waals surface area contributed by atoms with E-state index in [2.05, 4.69) is 10.6 Å². The maximum atomic E-state index is 12.5. The molecule has 0 aliphatic carbocycles. The molecule has 126 valence electrons. The third-order valence-electron chi connectivity index (χ3n) is 3.77. The predicted molar refractivity (Wildman–Crippen MR) is 101 cm³/mol. The van der Waals surface area contributed by atoms with Gasteiger partial charge >= 0.3 is 0 Å². The molecule has 0 aliphatic heterocycles. The van der Waals surface area contributed by atoms with Crippen molar-refractivity contribution < 1.29 is 9.59 Å². The van der Waals surface area contributed by atoms with Crippen LogP contribution in [-0.2, 0) is 0 Å². The highest BCUT2D eigenvalue weighted by Crippen LogP contribution is 2.16. The minimum Gasteiger partial charge on any atom is -0.346 e. The summed E-state index contributed by atoms with van der Waals surface area (Å²) in [4.78, 5) is 25.2. The first-order valence-electron chi connectivity index (χ1n) is 7.94. The highest BCUT2D eigenvalue weighted by atomic mass is 32.1. The maximum Gasteiger partial charge on any atom is 0.265 e. The molecule has 3 aromatic rings. The van der Waals surface area contributed by atoms with Crippen molar-refractivity contribution in [3.05, 3.63) is 88.1 Å². The van der Waals surface area contributed by atoms with Gasteiger partial charge in [-0.2, -0.15) is 0 Å². The Kier molecular flexibility index (Phi) is 5.26. The molecule has 0 bridgehead atoms. The molecule has 5 heteroatoms. The van der Waals surface area contributed by atoms with Crippen molar-refractivity contribution in [1.82, 2.24) is 5.32 Å². The molecule has 3 rings (SSSR count). The van der Waals surface area contributed by atoms with Crippen LogP contribution in [0.2, 0.25) is 0 Å². The summed E-state index contributed by atoms with van der Waals surface area (Å²) >= 11 is 1.38. The Balaban J connectivity index is 1.68. The molecule has 1 heterocycles. The van der Waals surface area contributed by atoms with Crippen LogP contribution < -0.4 is 10.6 Å². The zero-order valence-electron chi connectivity index (χ0n) is 13.7. The lowest BCUT2D eigenvalue weighted by Crippen LogP contribution is -2.26. The van der Waals surface area contributed by atoms with Crippen molar-refractivity contribution in [3.8, 4) is 0 Å². The molecule has 0 radical (unpaired) electrons. The number of nitrogens with one attached hydrogen (secondary N) is 2. The van der Waals surface area contributed by atoms with Gasteiger partial charge in [0.2, 0.25) is 0 Å². The first-order chi connectivity index (χ1) is 12.1. The second-order valence-electron chi connectivity index (χ2n) is 5.62. The molecule has 2 amide bonds. The van der Waals surface area contributed by atoms with E-state index in [1.54, 1.807) is 30.3 Å². The highest BCUT2D eigenvalue weighted by molar-refractivity contribution is 7.12. The molecule has 0 aliphatic rings. The van der Waals surface area contributed by atoms with Crippen molar-refractivity contribution in [2.75, 3.05) is 5.32 Å². The number of amides is 2. The molecule has 4 nitrogen and oxygen atoms in total. The second kappa shape index (κ2) is 7.77. The number of hydrogen-bond acceptors (Lipinski definition) is 3. The van der Waals surface area contributed by atoms with E-state index in [1.165, 1.54) is 11.3 Å². The van der Waals surface area contributed by atoms with Gasteiger partial charge in [-0.1, -0.05) is 42.5 Å². The van der Waals surface area contributed by atoms with Gasteiger partial charge in [0.05, 0.1) is 10.9 Å². The fourth-order valence-electron chi connectivity index (χ4n) is 2.44. The summed E-state index contributed by atoms with van der Waals surface area (Å²) in [7, 11) is 0. The predicted octanol–water partition coefficient (Wildman–Crippen LogP) is 4.49. The summed E-state index contributed by atoms with van der Waals surface area (Å²) in [5.74, 6) is -0.353. The van der Waals surface area contributed by atoms with Gasteiger partial charge < -0.3 is 10.6 Å². The fourth-order valence-corrected chi connectivity index (χ4v) is 3.06.